The van der Waals surface area contributed by atoms with Gasteiger partial charge < -0.3 is 16.2 Å². The highest BCUT2D eigenvalue weighted by Gasteiger charge is 2.64. The van der Waals surface area contributed by atoms with Crippen LogP contribution in [0.15, 0.2) is 66.4 Å². The fourth-order valence-electron chi connectivity index (χ4n) is 3.95. The van der Waals surface area contributed by atoms with Gasteiger partial charge >= 0.3 is 0 Å². The first kappa shape index (κ1) is 19.2. The summed E-state index contributed by atoms with van der Waals surface area (Å²) in [5.41, 5.74) is 14.1. The molecule has 1 aliphatic rings. The van der Waals surface area contributed by atoms with Crippen LogP contribution in [-0.2, 0) is 9.59 Å². The molecule has 31 heavy (non-hydrogen) atoms. The van der Waals surface area contributed by atoms with Crippen LogP contribution in [0.5, 0.6) is 11.5 Å². The number of ether oxygens (including phenoxy) is 1. The van der Waals surface area contributed by atoms with Gasteiger partial charge in [0.2, 0.25) is 11.8 Å². The van der Waals surface area contributed by atoms with Gasteiger partial charge in [-0.1, -0.05) is 18.2 Å². The molecule has 1 unspecified atom stereocenters. The van der Waals surface area contributed by atoms with Gasteiger partial charge in [0.15, 0.2) is 0 Å². The fraction of sp³-hybridized carbons (Fsp3) is 0.130. The van der Waals surface area contributed by atoms with Crippen LogP contribution in [0.4, 0.5) is 0 Å². The summed E-state index contributed by atoms with van der Waals surface area (Å²) < 4.78 is 6.09. The minimum Gasteiger partial charge on any atom is -0.457 e. The van der Waals surface area contributed by atoms with Gasteiger partial charge in [-0.05, 0) is 47.9 Å². The van der Waals surface area contributed by atoms with E-state index in [0.29, 0.717) is 17.9 Å². The molecular formula is C23H18N4O3S. The van der Waals surface area contributed by atoms with Gasteiger partial charge in [-0.2, -0.15) is 0 Å². The summed E-state index contributed by atoms with van der Waals surface area (Å²) in [6, 6.07) is 15.1. The molecule has 1 atom stereocenters. The van der Waals surface area contributed by atoms with E-state index in [-0.39, 0.29) is 5.92 Å². The van der Waals surface area contributed by atoms with Crippen LogP contribution >= 0.6 is 11.3 Å². The zero-order valence-electron chi connectivity index (χ0n) is 16.3. The number of thiazole rings is 1. The number of carbonyl (C=O) groups is 2. The highest BCUT2D eigenvalue weighted by atomic mass is 32.1. The van der Waals surface area contributed by atoms with Crippen molar-refractivity contribution in [3.63, 3.8) is 0 Å². The first-order valence-electron chi connectivity index (χ1n) is 9.64. The predicted molar refractivity (Wildman–Crippen MR) is 118 cm³/mol. The van der Waals surface area contributed by atoms with Crippen molar-refractivity contribution < 1.29 is 14.3 Å². The summed E-state index contributed by atoms with van der Waals surface area (Å²) in [6.07, 6.45) is 3.88. The lowest BCUT2D eigenvalue weighted by molar-refractivity contribution is -0.133. The molecule has 1 aliphatic carbocycles. The molecule has 4 N–H and O–H groups in total. The number of benzene rings is 2. The summed E-state index contributed by atoms with van der Waals surface area (Å²) >= 11 is 1.58. The molecule has 0 aliphatic heterocycles. The SMILES string of the molecule is NC(=O)C1(C(N)=O)CC1c1ccc(Oc2ccnc3cc(-c4cncs4)ccc23)cc1. The molecule has 0 spiro atoms. The Morgan fingerprint density at radius 3 is 2.48 bits per heavy atom. The number of nitrogens with zero attached hydrogens (tertiary/aromatic N) is 2. The minimum absolute atomic E-state index is 0.288. The van der Waals surface area contributed by atoms with E-state index in [1.807, 2.05) is 42.6 Å². The summed E-state index contributed by atoms with van der Waals surface area (Å²) in [6.45, 7) is 0. The van der Waals surface area contributed by atoms with Crippen LogP contribution in [0.2, 0.25) is 0 Å². The topological polar surface area (TPSA) is 121 Å². The second-order valence-electron chi connectivity index (χ2n) is 7.53. The number of nitrogens with two attached hydrogens (primary N) is 2. The van der Waals surface area contributed by atoms with Crippen molar-refractivity contribution in [2.24, 2.45) is 16.9 Å². The van der Waals surface area contributed by atoms with Gasteiger partial charge in [0.25, 0.3) is 0 Å². The third-order valence-electron chi connectivity index (χ3n) is 5.77. The van der Waals surface area contributed by atoms with Crippen LogP contribution in [0, 0.1) is 5.41 Å². The summed E-state index contributed by atoms with van der Waals surface area (Å²) in [5, 5.41) is 0.892. The molecule has 8 heteroatoms. The lowest BCUT2D eigenvalue weighted by atomic mass is 9.97. The molecule has 154 valence electrons. The molecule has 2 aromatic heterocycles. The molecule has 2 aromatic carbocycles. The third kappa shape index (κ3) is 3.21. The molecule has 0 radical (unpaired) electrons. The van der Waals surface area contributed by atoms with Crippen molar-refractivity contribution in [2.45, 2.75) is 12.3 Å². The Kier molecular flexibility index (Phi) is 4.44. The maximum Gasteiger partial charge on any atom is 0.233 e. The fourth-order valence-corrected chi connectivity index (χ4v) is 4.57. The molecule has 0 saturated heterocycles. The van der Waals surface area contributed by atoms with Crippen molar-refractivity contribution in [2.75, 3.05) is 0 Å². The number of amides is 2. The van der Waals surface area contributed by atoms with Gasteiger partial charge in [-0.3, -0.25) is 19.6 Å². The van der Waals surface area contributed by atoms with Crippen molar-refractivity contribution in [3.8, 4) is 21.9 Å². The Morgan fingerprint density at radius 2 is 1.84 bits per heavy atom. The van der Waals surface area contributed by atoms with E-state index in [9.17, 15) is 9.59 Å². The Bertz CT molecular complexity index is 1290. The molecular weight excluding hydrogens is 412 g/mol. The second-order valence-corrected chi connectivity index (χ2v) is 8.42. The monoisotopic (exact) mass is 430 g/mol. The van der Waals surface area contributed by atoms with Crippen LogP contribution in [0.3, 0.4) is 0 Å². The normalized spacial score (nSPS) is 16.7. The van der Waals surface area contributed by atoms with Crippen LogP contribution < -0.4 is 16.2 Å². The average Bonchev–Trinajstić information content (AvgIpc) is 3.31. The molecule has 0 bridgehead atoms. The first-order valence-corrected chi connectivity index (χ1v) is 10.5. The van der Waals surface area contributed by atoms with Gasteiger partial charge in [-0.25, -0.2) is 0 Å². The van der Waals surface area contributed by atoms with Gasteiger partial charge in [-0.15, -0.1) is 11.3 Å². The molecule has 2 heterocycles. The lowest BCUT2D eigenvalue weighted by Crippen LogP contribution is -2.38. The van der Waals surface area contributed by atoms with E-state index >= 15 is 0 Å². The Labute approximate surface area is 181 Å². The summed E-state index contributed by atoms with van der Waals surface area (Å²) in [4.78, 5) is 33.1. The Balaban J connectivity index is 1.39. The number of rotatable bonds is 6. The average molecular weight is 430 g/mol. The zero-order chi connectivity index (χ0) is 21.6. The molecule has 1 saturated carbocycles. The number of fused-ring (bicyclic) bond motifs is 1. The predicted octanol–water partition coefficient (Wildman–Crippen LogP) is 3.59. The second kappa shape index (κ2) is 7.17. The van der Waals surface area contributed by atoms with E-state index in [1.165, 1.54) is 0 Å². The third-order valence-corrected chi connectivity index (χ3v) is 6.59. The lowest BCUT2D eigenvalue weighted by Gasteiger charge is -2.11. The summed E-state index contributed by atoms with van der Waals surface area (Å²) in [5.74, 6) is -0.322. The number of primary amides is 2. The van der Waals surface area contributed by atoms with Crippen LogP contribution in [0.1, 0.15) is 17.9 Å². The van der Waals surface area contributed by atoms with Crippen molar-refractivity contribution >= 4 is 34.1 Å². The first-order chi connectivity index (χ1) is 15.0. The van der Waals surface area contributed by atoms with Gasteiger partial charge in [0.05, 0.1) is 15.9 Å². The van der Waals surface area contributed by atoms with E-state index in [2.05, 4.69) is 9.97 Å². The molecule has 1 fully saturated rings. The number of aromatic nitrogens is 2. The highest BCUT2D eigenvalue weighted by molar-refractivity contribution is 7.13. The van der Waals surface area contributed by atoms with Crippen molar-refractivity contribution in [1.82, 2.24) is 9.97 Å². The number of hydrogen-bond acceptors (Lipinski definition) is 6. The zero-order valence-corrected chi connectivity index (χ0v) is 17.1. The van der Waals surface area contributed by atoms with Gasteiger partial charge in [0, 0.05) is 23.7 Å². The van der Waals surface area contributed by atoms with Crippen molar-refractivity contribution in [1.29, 1.82) is 0 Å². The summed E-state index contributed by atoms with van der Waals surface area (Å²) in [7, 11) is 0. The Morgan fingerprint density at radius 1 is 1.06 bits per heavy atom. The quantitative estimate of drug-likeness (QED) is 0.453. The number of carbonyl (C=O) groups excluding carboxylic acids is 2. The maximum atomic E-state index is 11.7. The van der Waals surface area contributed by atoms with E-state index in [0.717, 1.165) is 26.9 Å². The van der Waals surface area contributed by atoms with E-state index in [1.54, 1.807) is 35.2 Å². The van der Waals surface area contributed by atoms with E-state index < -0.39 is 17.2 Å². The Hall–Kier alpha value is -3.78. The van der Waals surface area contributed by atoms with Crippen LogP contribution in [-0.4, -0.2) is 21.8 Å². The van der Waals surface area contributed by atoms with Crippen LogP contribution in [0.25, 0.3) is 21.3 Å². The van der Waals surface area contributed by atoms with E-state index in [4.69, 9.17) is 16.2 Å². The molecule has 2 amide bonds. The minimum atomic E-state index is -1.28. The number of hydrogen-bond donors (Lipinski definition) is 2. The van der Waals surface area contributed by atoms with Gasteiger partial charge in [0.1, 0.15) is 16.9 Å². The van der Waals surface area contributed by atoms with Crippen molar-refractivity contribution in [3.05, 3.63) is 72.0 Å². The largest absolute Gasteiger partial charge is 0.457 e. The molecule has 4 aromatic rings. The smallest absolute Gasteiger partial charge is 0.233 e. The molecule has 7 nitrogen and oxygen atoms in total. The molecule has 5 rings (SSSR count). The standard InChI is InChI=1S/C23H18N4O3S/c24-21(28)23(22(25)29)10-17(23)13-1-4-15(5-2-13)30-19-7-8-27-18-9-14(3-6-16(18)19)20-11-26-12-31-20/h1-9,11-12,17H,10H2,(H2,24,28)(H2,25,29). The maximum absolute atomic E-state index is 11.7. The highest BCUT2D eigenvalue weighted by Crippen LogP contribution is 2.59. The number of pyridine rings is 1.